The smallest absolute Gasteiger partial charge is 0.156 e. The Morgan fingerprint density at radius 3 is 2.56 bits per heavy atom. The van der Waals surface area contributed by atoms with E-state index in [1.54, 1.807) is 12.4 Å². The third-order valence-corrected chi connectivity index (χ3v) is 4.76. The molecule has 1 aliphatic heterocycles. The van der Waals surface area contributed by atoms with Crippen LogP contribution in [0, 0.1) is 0 Å². The molecule has 1 aromatic carbocycles. The normalized spacial score (nSPS) is 17.4. The number of piperidine rings is 1. The predicted octanol–water partition coefficient (Wildman–Crippen LogP) is 3.96. The van der Waals surface area contributed by atoms with Gasteiger partial charge in [0.2, 0.25) is 0 Å². The summed E-state index contributed by atoms with van der Waals surface area (Å²) >= 11 is 6.04. The minimum Gasteiger partial charge on any atom is -0.364 e. The van der Waals surface area contributed by atoms with Crippen molar-refractivity contribution in [3.05, 3.63) is 53.8 Å². The highest BCUT2D eigenvalue weighted by Gasteiger charge is 2.20. The first-order valence-corrected chi connectivity index (χ1v) is 8.91. The molecular formula is C19H20ClN5. The summed E-state index contributed by atoms with van der Waals surface area (Å²) in [5.41, 5.74) is 4.18. The van der Waals surface area contributed by atoms with Crippen molar-refractivity contribution in [3.8, 4) is 22.4 Å². The number of nitrogens with zero attached hydrogens (tertiary/aromatic N) is 2. The van der Waals surface area contributed by atoms with Gasteiger partial charge >= 0.3 is 0 Å². The number of pyridine rings is 1. The number of aromatic amines is 1. The second-order valence-electron chi connectivity index (χ2n) is 6.25. The molecular weight excluding hydrogens is 334 g/mol. The Labute approximate surface area is 151 Å². The van der Waals surface area contributed by atoms with Crippen LogP contribution < -0.4 is 10.6 Å². The van der Waals surface area contributed by atoms with Gasteiger partial charge in [-0.3, -0.25) is 10.1 Å². The van der Waals surface area contributed by atoms with Crippen LogP contribution in [0.15, 0.2) is 48.8 Å². The van der Waals surface area contributed by atoms with E-state index < -0.39 is 0 Å². The molecule has 4 rings (SSSR count). The third-order valence-electron chi connectivity index (χ3n) is 4.51. The average molecular weight is 354 g/mol. The zero-order valence-electron chi connectivity index (χ0n) is 13.8. The first kappa shape index (κ1) is 16.1. The largest absolute Gasteiger partial charge is 0.364 e. The number of rotatable bonds is 4. The molecule has 1 fully saturated rings. The van der Waals surface area contributed by atoms with Crippen molar-refractivity contribution in [1.29, 1.82) is 0 Å². The van der Waals surface area contributed by atoms with Crippen LogP contribution in [0.2, 0.25) is 5.02 Å². The third kappa shape index (κ3) is 3.52. The van der Waals surface area contributed by atoms with Crippen LogP contribution in [0.5, 0.6) is 0 Å². The van der Waals surface area contributed by atoms with E-state index in [0.717, 1.165) is 52.7 Å². The Morgan fingerprint density at radius 2 is 1.84 bits per heavy atom. The summed E-state index contributed by atoms with van der Waals surface area (Å²) in [6.07, 6.45) is 5.93. The maximum absolute atomic E-state index is 6.04. The van der Waals surface area contributed by atoms with Gasteiger partial charge in [-0.1, -0.05) is 23.7 Å². The molecule has 0 spiro atoms. The Hall–Kier alpha value is -2.37. The Balaban J connectivity index is 1.75. The number of benzene rings is 1. The highest BCUT2D eigenvalue weighted by atomic mass is 35.5. The maximum Gasteiger partial charge on any atom is 0.156 e. The van der Waals surface area contributed by atoms with E-state index in [4.69, 9.17) is 11.6 Å². The number of nitrogens with one attached hydrogen (secondary N) is 3. The lowest BCUT2D eigenvalue weighted by molar-refractivity contribution is 0.479. The van der Waals surface area contributed by atoms with E-state index in [1.807, 2.05) is 36.4 Å². The van der Waals surface area contributed by atoms with Crippen LogP contribution in [-0.4, -0.2) is 34.3 Å². The summed E-state index contributed by atoms with van der Waals surface area (Å²) < 4.78 is 0. The van der Waals surface area contributed by atoms with E-state index in [1.165, 1.54) is 6.42 Å². The van der Waals surface area contributed by atoms with E-state index in [0.29, 0.717) is 6.04 Å². The molecule has 2 aromatic heterocycles. The highest BCUT2D eigenvalue weighted by molar-refractivity contribution is 6.30. The van der Waals surface area contributed by atoms with Crippen LogP contribution in [0.3, 0.4) is 0 Å². The van der Waals surface area contributed by atoms with Crippen LogP contribution >= 0.6 is 11.6 Å². The van der Waals surface area contributed by atoms with Crippen molar-refractivity contribution in [2.24, 2.45) is 0 Å². The molecule has 6 heteroatoms. The van der Waals surface area contributed by atoms with Gasteiger partial charge in [-0.25, -0.2) is 0 Å². The average Bonchev–Trinajstić information content (AvgIpc) is 3.07. The summed E-state index contributed by atoms with van der Waals surface area (Å²) in [4.78, 5) is 4.14. The summed E-state index contributed by atoms with van der Waals surface area (Å²) in [6.45, 7) is 2.05. The van der Waals surface area contributed by atoms with E-state index in [2.05, 4.69) is 25.8 Å². The number of halogens is 1. The van der Waals surface area contributed by atoms with E-state index in [9.17, 15) is 0 Å². The van der Waals surface area contributed by atoms with Crippen molar-refractivity contribution in [3.63, 3.8) is 0 Å². The topological polar surface area (TPSA) is 65.6 Å². The first-order chi connectivity index (χ1) is 12.3. The van der Waals surface area contributed by atoms with Crippen molar-refractivity contribution in [2.75, 3.05) is 18.4 Å². The molecule has 0 amide bonds. The van der Waals surface area contributed by atoms with Gasteiger partial charge in [-0.15, -0.1) is 0 Å². The molecule has 3 aromatic rings. The molecule has 1 unspecified atom stereocenters. The minimum absolute atomic E-state index is 0.385. The molecule has 0 radical (unpaired) electrons. The molecule has 0 bridgehead atoms. The van der Waals surface area contributed by atoms with Crippen molar-refractivity contribution < 1.29 is 0 Å². The Kier molecular flexibility index (Phi) is 4.68. The molecule has 3 N–H and O–H groups in total. The fourth-order valence-electron chi connectivity index (χ4n) is 3.24. The second-order valence-corrected chi connectivity index (χ2v) is 6.69. The molecule has 3 heterocycles. The summed E-state index contributed by atoms with van der Waals surface area (Å²) in [5, 5.41) is 15.5. The molecule has 0 saturated carbocycles. The van der Waals surface area contributed by atoms with Crippen molar-refractivity contribution >= 4 is 17.4 Å². The molecule has 0 aliphatic carbocycles. The van der Waals surface area contributed by atoms with Gasteiger partial charge in [0.05, 0.1) is 11.3 Å². The molecule has 1 atom stereocenters. The molecule has 25 heavy (non-hydrogen) atoms. The second kappa shape index (κ2) is 7.25. The predicted molar refractivity (Wildman–Crippen MR) is 102 cm³/mol. The summed E-state index contributed by atoms with van der Waals surface area (Å²) in [5.74, 6) is 0.879. The molecule has 128 valence electrons. The van der Waals surface area contributed by atoms with E-state index in [-0.39, 0.29) is 0 Å². The van der Waals surface area contributed by atoms with Crippen LogP contribution in [-0.2, 0) is 0 Å². The fraction of sp³-hybridized carbons (Fsp3) is 0.263. The van der Waals surface area contributed by atoms with Crippen molar-refractivity contribution in [1.82, 2.24) is 20.5 Å². The van der Waals surface area contributed by atoms with Crippen LogP contribution in [0.1, 0.15) is 12.8 Å². The number of anilines is 1. The van der Waals surface area contributed by atoms with Gasteiger partial charge in [-0.2, -0.15) is 5.10 Å². The fourth-order valence-corrected chi connectivity index (χ4v) is 3.37. The van der Waals surface area contributed by atoms with Crippen molar-refractivity contribution in [2.45, 2.75) is 18.9 Å². The van der Waals surface area contributed by atoms with E-state index >= 15 is 0 Å². The van der Waals surface area contributed by atoms with Gasteiger partial charge < -0.3 is 10.6 Å². The SMILES string of the molecule is Clc1ccc(-c2[nH]nc(NC3CCCNC3)c2-c2ccncc2)cc1. The number of hydrogen-bond acceptors (Lipinski definition) is 4. The lowest BCUT2D eigenvalue weighted by atomic mass is 10.0. The monoisotopic (exact) mass is 353 g/mol. The van der Waals surface area contributed by atoms with Gasteiger partial charge in [-0.05, 0) is 49.2 Å². The zero-order chi connectivity index (χ0) is 17.1. The number of H-pyrrole nitrogens is 1. The first-order valence-electron chi connectivity index (χ1n) is 8.53. The highest BCUT2D eigenvalue weighted by Crippen LogP contribution is 2.36. The lowest BCUT2D eigenvalue weighted by Gasteiger charge is -2.24. The minimum atomic E-state index is 0.385. The number of hydrogen-bond donors (Lipinski definition) is 3. The molecule has 1 aliphatic rings. The van der Waals surface area contributed by atoms with Crippen LogP contribution in [0.25, 0.3) is 22.4 Å². The Bertz CT molecular complexity index is 823. The standard InChI is InChI=1S/C19H20ClN5/c20-15-5-3-14(4-6-15)18-17(13-7-10-21-11-8-13)19(25-24-18)23-16-2-1-9-22-12-16/h3-8,10-11,16,22H,1-2,9,12H2,(H2,23,24,25). The summed E-state index contributed by atoms with van der Waals surface area (Å²) in [7, 11) is 0. The van der Waals surface area contributed by atoms with Gasteiger partial charge in [0.1, 0.15) is 0 Å². The quantitative estimate of drug-likeness (QED) is 0.664. The van der Waals surface area contributed by atoms with Gasteiger partial charge in [0.25, 0.3) is 0 Å². The van der Waals surface area contributed by atoms with Gasteiger partial charge in [0.15, 0.2) is 5.82 Å². The maximum atomic E-state index is 6.04. The zero-order valence-corrected chi connectivity index (χ0v) is 14.6. The molecule has 1 saturated heterocycles. The number of aromatic nitrogens is 3. The molecule has 5 nitrogen and oxygen atoms in total. The Morgan fingerprint density at radius 1 is 1.04 bits per heavy atom. The lowest BCUT2D eigenvalue weighted by Crippen LogP contribution is -2.38. The van der Waals surface area contributed by atoms with Crippen LogP contribution in [0.4, 0.5) is 5.82 Å². The summed E-state index contributed by atoms with van der Waals surface area (Å²) in [6, 6.07) is 12.2. The van der Waals surface area contributed by atoms with Gasteiger partial charge in [0, 0.05) is 35.6 Å².